The summed E-state index contributed by atoms with van der Waals surface area (Å²) in [5.41, 5.74) is 5.63. The Balaban J connectivity index is 2.05. The fourth-order valence-corrected chi connectivity index (χ4v) is 3.16. The van der Waals surface area contributed by atoms with E-state index in [4.69, 9.17) is 10.8 Å². The second-order valence-electron chi connectivity index (χ2n) is 5.10. The van der Waals surface area contributed by atoms with Crippen LogP contribution in [0.15, 0.2) is 0 Å². The number of carboxylic acid groups (broad SMARTS) is 1. The number of fused-ring (bicyclic) bond motifs is 1. The van der Waals surface area contributed by atoms with Gasteiger partial charge in [0.25, 0.3) is 0 Å². The summed E-state index contributed by atoms with van der Waals surface area (Å²) in [6, 6.07) is 0.599. The number of carboxylic acids is 1. The van der Waals surface area contributed by atoms with Gasteiger partial charge in [0.2, 0.25) is 0 Å². The predicted molar refractivity (Wildman–Crippen MR) is 57.6 cm³/mol. The number of carbonyl (C=O) groups is 1. The van der Waals surface area contributed by atoms with E-state index in [-0.39, 0.29) is 11.8 Å². The monoisotopic (exact) mass is 212 g/mol. The average molecular weight is 212 g/mol. The van der Waals surface area contributed by atoms with Crippen LogP contribution in [0.3, 0.4) is 0 Å². The van der Waals surface area contributed by atoms with E-state index in [9.17, 15) is 4.79 Å². The molecule has 2 heterocycles. The van der Waals surface area contributed by atoms with Crippen LogP contribution in [0.5, 0.6) is 0 Å². The molecule has 2 fully saturated rings. The lowest BCUT2D eigenvalue weighted by Gasteiger charge is -2.29. The van der Waals surface area contributed by atoms with Crippen molar-refractivity contribution in [2.75, 3.05) is 19.6 Å². The molecular formula is C11H20N2O2. The summed E-state index contributed by atoms with van der Waals surface area (Å²) < 4.78 is 0. The number of hydrogen-bond donors (Lipinski definition) is 2. The van der Waals surface area contributed by atoms with Crippen molar-refractivity contribution in [3.63, 3.8) is 0 Å². The van der Waals surface area contributed by atoms with Gasteiger partial charge in [-0.1, -0.05) is 6.42 Å². The maximum absolute atomic E-state index is 10.9. The maximum Gasteiger partial charge on any atom is 0.304 e. The molecule has 2 saturated heterocycles. The molecule has 0 bridgehead atoms. The maximum atomic E-state index is 10.9. The Hall–Kier alpha value is -0.610. The topological polar surface area (TPSA) is 66.6 Å². The molecule has 2 unspecified atom stereocenters. The van der Waals surface area contributed by atoms with Crippen LogP contribution in [0.2, 0.25) is 0 Å². The summed E-state index contributed by atoms with van der Waals surface area (Å²) in [6.07, 6.45) is 4.98. The van der Waals surface area contributed by atoms with E-state index in [1.807, 2.05) is 0 Å². The van der Waals surface area contributed by atoms with E-state index >= 15 is 0 Å². The van der Waals surface area contributed by atoms with Crippen LogP contribution in [0.4, 0.5) is 0 Å². The fourth-order valence-electron chi connectivity index (χ4n) is 3.16. The highest BCUT2D eigenvalue weighted by atomic mass is 16.4. The first-order chi connectivity index (χ1) is 7.15. The van der Waals surface area contributed by atoms with Crippen LogP contribution in [0.1, 0.15) is 32.1 Å². The van der Waals surface area contributed by atoms with E-state index in [0.29, 0.717) is 12.6 Å². The molecule has 2 aliphatic rings. The van der Waals surface area contributed by atoms with Crippen molar-refractivity contribution >= 4 is 5.97 Å². The molecule has 3 N–H and O–H groups in total. The van der Waals surface area contributed by atoms with Crippen LogP contribution in [-0.2, 0) is 4.79 Å². The molecule has 0 aromatic rings. The zero-order valence-corrected chi connectivity index (χ0v) is 9.11. The zero-order valence-electron chi connectivity index (χ0n) is 9.11. The first-order valence-electron chi connectivity index (χ1n) is 5.81. The quantitative estimate of drug-likeness (QED) is 0.721. The average Bonchev–Trinajstić information content (AvgIpc) is 2.55. The highest BCUT2D eigenvalue weighted by molar-refractivity contribution is 5.68. The summed E-state index contributed by atoms with van der Waals surface area (Å²) in [5, 5.41) is 8.93. The molecule has 0 radical (unpaired) electrons. The number of hydrogen-bond acceptors (Lipinski definition) is 3. The minimum atomic E-state index is -0.708. The number of piperidine rings is 1. The third-order valence-electron chi connectivity index (χ3n) is 3.92. The Morgan fingerprint density at radius 1 is 1.53 bits per heavy atom. The Morgan fingerprint density at radius 2 is 2.33 bits per heavy atom. The first kappa shape index (κ1) is 10.9. The standard InChI is InChI=1S/C11H20N2O2/c12-7-11(6-10(14)15)5-9-3-1-2-4-13(9)8-11/h9H,1-8,12H2,(H,14,15). The molecule has 2 atom stereocenters. The molecule has 0 spiro atoms. The van der Waals surface area contributed by atoms with E-state index in [0.717, 1.165) is 19.5 Å². The van der Waals surface area contributed by atoms with Crippen molar-refractivity contribution in [1.82, 2.24) is 4.90 Å². The molecule has 0 saturated carbocycles. The van der Waals surface area contributed by atoms with Crippen molar-refractivity contribution in [2.24, 2.45) is 11.1 Å². The lowest BCUT2D eigenvalue weighted by molar-refractivity contribution is -0.139. The highest BCUT2D eigenvalue weighted by Crippen LogP contribution is 2.40. The van der Waals surface area contributed by atoms with Crippen LogP contribution in [-0.4, -0.2) is 41.7 Å². The molecule has 0 aliphatic carbocycles. The number of rotatable bonds is 3. The highest BCUT2D eigenvalue weighted by Gasteiger charge is 2.44. The van der Waals surface area contributed by atoms with Gasteiger partial charge in [-0.15, -0.1) is 0 Å². The summed E-state index contributed by atoms with van der Waals surface area (Å²) in [6.45, 7) is 2.53. The van der Waals surface area contributed by atoms with E-state index in [2.05, 4.69) is 4.90 Å². The van der Waals surface area contributed by atoms with Gasteiger partial charge < -0.3 is 10.8 Å². The van der Waals surface area contributed by atoms with Gasteiger partial charge in [-0.25, -0.2) is 0 Å². The lowest BCUT2D eigenvalue weighted by atomic mass is 9.81. The van der Waals surface area contributed by atoms with Gasteiger partial charge in [0.05, 0.1) is 6.42 Å². The molecule has 86 valence electrons. The fraction of sp³-hybridized carbons (Fsp3) is 0.909. The minimum absolute atomic E-state index is 0.152. The minimum Gasteiger partial charge on any atom is -0.481 e. The zero-order chi connectivity index (χ0) is 10.9. The summed E-state index contributed by atoms with van der Waals surface area (Å²) in [7, 11) is 0. The van der Waals surface area contributed by atoms with Crippen LogP contribution in [0, 0.1) is 5.41 Å². The molecular weight excluding hydrogens is 192 g/mol. The summed E-state index contributed by atoms with van der Waals surface area (Å²) in [4.78, 5) is 13.3. The SMILES string of the molecule is NCC1(CC(=O)O)CC2CCCCN2C1. The summed E-state index contributed by atoms with van der Waals surface area (Å²) in [5.74, 6) is -0.708. The third kappa shape index (κ3) is 2.16. The smallest absolute Gasteiger partial charge is 0.304 e. The summed E-state index contributed by atoms with van der Waals surface area (Å²) >= 11 is 0. The van der Waals surface area contributed by atoms with Crippen LogP contribution >= 0.6 is 0 Å². The first-order valence-corrected chi connectivity index (χ1v) is 5.81. The largest absolute Gasteiger partial charge is 0.481 e. The molecule has 4 nitrogen and oxygen atoms in total. The van der Waals surface area contributed by atoms with Gasteiger partial charge in [-0.2, -0.15) is 0 Å². The van der Waals surface area contributed by atoms with Crippen molar-refractivity contribution in [3.05, 3.63) is 0 Å². The Kier molecular flexibility index (Phi) is 2.98. The Morgan fingerprint density at radius 3 is 2.93 bits per heavy atom. The lowest BCUT2D eigenvalue weighted by Crippen LogP contribution is -2.37. The number of aliphatic carboxylic acids is 1. The molecule has 0 aromatic heterocycles. The normalized spacial score (nSPS) is 36.5. The second-order valence-corrected chi connectivity index (χ2v) is 5.10. The van der Waals surface area contributed by atoms with E-state index in [1.165, 1.54) is 19.3 Å². The van der Waals surface area contributed by atoms with Crippen molar-refractivity contribution in [2.45, 2.75) is 38.1 Å². The van der Waals surface area contributed by atoms with Gasteiger partial charge >= 0.3 is 5.97 Å². The van der Waals surface area contributed by atoms with Gasteiger partial charge in [0, 0.05) is 18.0 Å². The third-order valence-corrected chi connectivity index (χ3v) is 3.92. The van der Waals surface area contributed by atoms with Gasteiger partial charge in [-0.3, -0.25) is 9.69 Å². The van der Waals surface area contributed by atoms with Crippen molar-refractivity contribution in [3.8, 4) is 0 Å². The van der Waals surface area contributed by atoms with Crippen LogP contribution < -0.4 is 5.73 Å². The van der Waals surface area contributed by atoms with Gasteiger partial charge in [0.1, 0.15) is 0 Å². The Labute approximate surface area is 90.4 Å². The molecule has 4 heteroatoms. The molecule has 2 rings (SSSR count). The van der Waals surface area contributed by atoms with Gasteiger partial charge in [0.15, 0.2) is 0 Å². The van der Waals surface area contributed by atoms with Crippen molar-refractivity contribution in [1.29, 1.82) is 0 Å². The molecule has 2 aliphatic heterocycles. The predicted octanol–water partition coefficient (Wildman–Crippen LogP) is 0.664. The Bertz CT molecular complexity index is 241. The van der Waals surface area contributed by atoms with E-state index in [1.54, 1.807) is 0 Å². The van der Waals surface area contributed by atoms with E-state index < -0.39 is 5.97 Å². The van der Waals surface area contributed by atoms with Crippen LogP contribution in [0.25, 0.3) is 0 Å². The number of nitrogens with two attached hydrogens (primary N) is 1. The molecule has 0 amide bonds. The van der Waals surface area contributed by atoms with Crippen molar-refractivity contribution < 1.29 is 9.90 Å². The van der Waals surface area contributed by atoms with Gasteiger partial charge in [-0.05, 0) is 32.4 Å². The number of nitrogens with zero attached hydrogens (tertiary/aromatic N) is 1. The molecule has 0 aromatic carbocycles. The second kappa shape index (κ2) is 4.10. The molecule has 15 heavy (non-hydrogen) atoms.